The number of carbonyl (C=O) groups excluding carboxylic acids is 1. The van der Waals surface area contributed by atoms with E-state index >= 15 is 0 Å². The predicted octanol–water partition coefficient (Wildman–Crippen LogP) is 0.341. The van der Waals surface area contributed by atoms with Crippen molar-refractivity contribution in [3.8, 4) is 0 Å². The van der Waals surface area contributed by atoms with Crippen LogP contribution in [0.5, 0.6) is 0 Å². The number of amides is 1. The normalized spacial score (nSPS) is 30.1. The Labute approximate surface area is 95.7 Å². The van der Waals surface area contributed by atoms with Gasteiger partial charge in [0.25, 0.3) is 0 Å². The molecule has 16 heavy (non-hydrogen) atoms. The van der Waals surface area contributed by atoms with Crippen molar-refractivity contribution in [1.82, 2.24) is 5.32 Å². The number of carbonyl (C=O) groups is 1. The fraction of sp³-hybridized carbons (Fsp3) is 0.909. The molecule has 0 aromatic carbocycles. The molecule has 0 aromatic heterocycles. The number of nitrogens with one attached hydrogen (secondary N) is 1. The molecule has 0 unspecified atom stereocenters. The van der Waals surface area contributed by atoms with Gasteiger partial charge in [0.1, 0.15) is 0 Å². The summed E-state index contributed by atoms with van der Waals surface area (Å²) in [5.74, 6) is -0.904. The summed E-state index contributed by atoms with van der Waals surface area (Å²) in [6.07, 6.45) is 2.29. The fourth-order valence-corrected chi connectivity index (χ4v) is 2.63. The average molecular weight is 228 g/mol. The average Bonchev–Trinajstić information content (AvgIpc) is 2.56. The molecule has 1 atom stereocenters. The van der Waals surface area contributed by atoms with Gasteiger partial charge in [-0.05, 0) is 20.3 Å². The van der Waals surface area contributed by atoms with Crippen LogP contribution in [0.4, 0.5) is 0 Å². The lowest BCUT2D eigenvalue weighted by molar-refractivity contribution is -0.495. The molecule has 1 spiro atoms. The highest BCUT2D eigenvalue weighted by atomic mass is 16.9. The summed E-state index contributed by atoms with van der Waals surface area (Å²) in [5.41, 5.74) is 5.34. The van der Waals surface area contributed by atoms with Crippen LogP contribution in [0.15, 0.2) is 0 Å². The Morgan fingerprint density at radius 2 is 2.19 bits per heavy atom. The van der Waals surface area contributed by atoms with E-state index in [1.54, 1.807) is 0 Å². The molecule has 0 aromatic rings. The molecule has 0 bridgehead atoms. The van der Waals surface area contributed by atoms with E-state index in [4.69, 9.17) is 15.2 Å². The molecule has 1 heterocycles. The van der Waals surface area contributed by atoms with Gasteiger partial charge in [-0.2, -0.15) is 0 Å². The minimum Gasteiger partial charge on any atom is -0.355 e. The van der Waals surface area contributed by atoms with Crippen LogP contribution in [-0.4, -0.2) is 30.6 Å². The maximum absolute atomic E-state index is 11.7. The van der Waals surface area contributed by atoms with Crippen LogP contribution >= 0.6 is 0 Å². The molecule has 5 heteroatoms. The molecule has 2 aliphatic rings. The monoisotopic (exact) mass is 228 g/mol. The van der Waals surface area contributed by atoms with E-state index in [2.05, 4.69) is 5.32 Å². The van der Waals surface area contributed by atoms with Crippen molar-refractivity contribution in [2.75, 3.05) is 13.1 Å². The largest absolute Gasteiger partial charge is 0.355 e. The Morgan fingerprint density at radius 1 is 1.50 bits per heavy atom. The van der Waals surface area contributed by atoms with Crippen molar-refractivity contribution in [2.45, 2.75) is 44.7 Å². The Kier molecular flexibility index (Phi) is 2.94. The first kappa shape index (κ1) is 11.8. The first-order chi connectivity index (χ1) is 7.46. The zero-order valence-corrected chi connectivity index (χ0v) is 9.91. The quantitative estimate of drug-likeness (QED) is 0.730. The molecule has 1 aliphatic heterocycles. The highest BCUT2D eigenvalue weighted by Crippen LogP contribution is 2.50. The molecule has 1 aliphatic carbocycles. The summed E-state index contributed by atoms with van der Waals surface area (Å²) in [4.78, 5) is 11.7. The second-order valence-electron chi connectivity index (χ2n) is 5.03. The molecule has 5 nitrogen and oxygen atoms in total. The minimum atomic E-state index is -0.492. The number of hydrogen-bond donors (Lipinski definition) is 2. The van der Waals surface area contributed by atoms with E-state index in [1.165, 1.54) is 0 Å². The molecule has 2 rings (SSSR count). The van der Waals surface area contributed by atoms with Crippen molar-refractivity contribution in [1.29, 1.82) is 0 Å². The molecule has 92 valence electrons. The van der Waals surface area contributed by atoms with Crippen molar-refractivity contribution >= 4 is 5.91 Å². The molecule has 1 amide bonds. The van der Waals surface area contributed by atoms with Crippen LogP contribution in [0.1, 0.15) is 33.1 Å². The van der Waals surface area contributed by atoms with Crippen LogP contribution in [0, 0.1) is 5.92 Å². The van der Waals surface area contributed by atoms with Gasteiger partial charge in [0.2, 0.25) is 5.91 Å². The summed E-state index contributed by atoms with van der Waals surface area (Å²) >= 11 is 0. The van der Waals surface area contributed by atoms with Gasteiger partial charge in [-0.1, -0.05) is 0 Å². The van der Waals surface area contributed by atoms with E-state index in [0.717, 1.165) is 12.8 Å². The van der Waals surface area contributed by atoms with Gasteiger partial charge >= 0.3 is 0 Å². The first-order valence-electron chi connectivity index (χ1n) is 5.84. The van der Waals surface area contributed by atoms with Gasteiger partial charge in [0.15, 0.2) is 11.6 Å². The minimum absolute atomic E-state index is 0.00245. The maximum atomic E-state index is 11.7. The lowest BCUT2D eigenvalue weighted by Crippen LogP contribution is -2.58. The van der Waals surface area contributed by atoms with Crippen molar-refractivity contribution < 1.29 is 14.3 Å². The number of ether oxygens (including phenoxy) is 2. The summed E-state index contributed by atoms with van der Waals surface area (Å²) in [6, 6.07) is 0. The third-order valence-corrected chi connectivity index (χ3v) is 3.11. The van der Waals surface area contributed by atoms with Gasteiger partial charge in [0.05, 0.1) is 0 Å². The smallest absolute Gasteiger partial charge is 0.223 e. The highest BCUT2D eigenvalue weighted by molar-refractivity contribution is 5.79. The fourth-order valence-electron chi connectivity index (χ4n) is 2.63. The van der Waals surface area contributed by atoms with E-state index in [9.17, 15) is 4.79 Å². The standard InChI is InChI=1S/C11H20N2O3/c1-10(2)15-11(16-10)4-3-8(7-11)9(14)13-6-5-12/h8H,3-7,12H2,1-2H3,(H,13,14)/t8-/m1/s1. The van der Waals surface area contributed by atoms with Crippen molar-refractivity contribution in [3.63, 3.8) is 0 Å². The lowest BCUT2D eigenvalue weighted by atomic mass is 10.1. The highest BCUT2D eigenvalue weighted by Gasteiger charge is 2.56. The summed E-state index contributed by atoms with van der Waals surface area (Å²) < 4.78 is 11.5. The molecular weight excluding hydrogens is 208 g/mol. The predicted molar refractivity (Wildman–Crippen MR) is 58.4 cm³/mol. The molecule has 0 radical (unpaired) electrons. The van der Waals surface area contributed by atoms with Crippen LogP contribution in [0.25, 0.3) is 0 Å². The Hall–Kier alpha value is -0.650. The van der Waals surface area contributed by atoms with Gasteiger partial charge in [0, 0.05) is 31.8 Å². The van der Waals surface area contributed by atoms with E-state index in [-0.39, 0.29) is 11.8 Å². The van der Waals surface area contributed by atoms with Crippen molar-refractivity contribution in [2.24, 2.45) is 11.7 Å². The van der Waals surface area contributed by atoms with Crippen LogP contribution in [0.2, 0.25) is 0 Å². The second kappa shape index (κ2) is 3.98. The second-order valence-corrected chi connectivity index (χ2v) is 5.03. The Balaban J connectivity index is 1.82. The zero-order valence-electron chi connectivity index (χ0n) is 9.91. The summed E-state index contributed by atoms with van der Waals surface area (Å²) in [7, 11) is 0. The molecule has 1 saturated carbocycles. The number of nitrogens with two attached hydrogens (primary N) is 1. The Bertz CT molecular complexity index is 283. The summed E-state index contributed by atoms with van der Waals surface area (Å²) in [6.45, 7) is 4.79. The zero-order chi connectivity index (χ0) is 11.8. The molecule has 1 saturated heterocycles. The lowest BCUT2D eigenvalue weighted by Gasteiger charge is -2.51. The first-order valence-corrected chi connectivity index (χ1v) is 5.84. The molecular formula is C11H20N2O3. The van der Waals surface area contributed by atoms with Crippen molar-refractivity contribution in [3.05, 3.63) is 0 Å². The third kappa shape index (κ3) is 2.21. The summed E-state index contributed by atoms with van der Waals surface area (Å²) in [5, 5.41) is 2.81. The van der Waals surface area contributed by atoms with Gasteiger partial charge < -0.3 is 20.5 Å². The number of rotatable bonds is 3. The number of hydrogen-bond acceptors (Lipinski definition) is 4. The maximum Gasteiger partial charge on any atom is 0.223 e. The molecule has 2 fully saturated rings. The van der Waals surface area contributed by atoms with Gasteiger partial charge in [-0.15, -0.1) is 0 Å². The van der Waals surface area contributed by atoms with E-state index in [0.29, 0.717) is 19.5 Å². The molecule has 3 N–H and O–H groups in total. The third-order valence-electron chi connectivity index (χ3n) is 3.11. The van der Waals surface area contributed by atoms with Crippen LogP contribution in [0.3, 0.4) is 0 Å². The van der Waals surface area contributed by atoms with Crippen LogP contribution in [-0.2, 0) is 14.3 Å². The van der Waals surface area contributed by atoms with Gasteiger partial charge in [-0.25, -0.2) is 0 Å². The van der Waals surface area contributed by atoms with Crippen LogP contribution < -0.4 is 11.1 Å². The van der Waals surface area contributed by atoms with Gasteiger partial charge in [-0.3, -0.25) is 4.79 Å². The van der Waals surface area contributed by atoms with E-state index < -0.39 is 11.6 Å². The van der Waals surface area contributed by atoms with E-state index in [1.807, 2.05) is 13.8 Å². The SMILES string of the molecule is CC1(C)OC2(CC[C@@H](C(=O)NCCN)C2)O1. The Morgan fingerprint density at radius 3 is 2.75 bits per heavy atom. The topological polar surface area (TPSA) is 73.6 Å².